The van der Waals surface area contributed by atoms with Crippen LogP contribution in [0.3, 0.4) is 0 Å². The minimum atomic E-state index is 0.373. The van der Waals surface area contributed by atoms with E-state index in [0.717, 1.165) is 22.5 Å². The first-order chi connectivity index (χ1) is 15.1. The minimum Gasteiger partial charge on any atom is -0.493 e. The van der Waals surface area contributed by atoms with E-state index in [1.807, 2.05) is 37.3 Å². The molecule has 31 heavy (non-hydrogen) atoms. The summed E-state index contributed by atoms with van der Waals surface area (Å²) in [5, 5.41) is 13.6. The quantitative estimate of drug-likeness (QED) is 0.406. The average molecular weight is 417 g/mol. The van der Waals surface area contributed by atoms with Crippen LogP contribution >= 0.6 is 0 Å². The summed E-state index contributed by atoms with van der Waals surface area (Å²) in [5.74, 6) is 2.64. The van der Waals surface area contributed by atoms with Gasteiger partial charge in [0.1, 0.15) is 6.33 Å². The Morgan fingerprint density at radius 3 is 2.23 bits per heavy atom. The fourth-order valence-electron chi connectivity index (χ4n) is 3.03. The third-order valence-electron chi connectivity index (χ3n) is 4.73. The fourth-order valence-corrected chi connectivity index (χ4v) is 3.03. The van der Waals surface area contributed by atoms with Gasteiger partial charge in [0.15, 0.2) is 17.3 Å². The molecule has 0 fully saturated rings. The number of nitrogens with one attached hydrogen (secondary N) is 3. The van der Waals surface area contributed by atoms with Crippen molar-refractivity contribution in [3.63, 3.8) is 0 Å². The van der Waals surface area contributed by atoms with Crippen molar-refractivity contribution in [1.82, 2.24) is 25.1 Å². The molecule has 0 aliphatic heterocycles. The molecule has 3 N–H and O–H groups in total. The van der Waals surface area contributed by atoms with Crippen LogP contribution in [-0.2, 0) is 0 Å². The van der Waals surface area contributed by atoms with Gasteiger partial charge in [-0.05, 0) is 31.0 Å². The number of ether oxygens (including phenoxy) is 2. The zero-order chi connectivity index (χ0) is 21.8. The van der Waals surface area contributed by atoms with Gasteiger partial charge in [-0.3, -0.25) is 5.10 Å². The van der Waals surface area contributed by atoms with Crippen LogP contribution in [0.15, 0.2) is 48.8 Å². The van der Waals surface area contributed by atoms with Crippen molar-refractivity contribution >= 4 is 23.4 Å². The first kappa shape index (κ1) is 20.1. The molecule has 0 aliphatic carbocycles. The molecule has 0 aliphatic rings. The lowest BCUT2D eigenvalue weighted by Crippen LogP contribution is -2.04. The van der Waals surface area contributed by atoms with E-state index in [0.29, 0.717) is 29.2 Å². The Morgan fingerprint density at radius 2 is 1.52 bits per heavy atom. The van der Waals surface area contributed by atoms with Crippen molar-refractivity contribution in [1.29, 1.82) is 0 Å². The monoisotopic (exact) mass is 417 g/mol. The van der Waals surface area contributed by atoms with Gasteiger partial charge in [0.2, 0.25) is 11.9 Å². The van der Waals surface area contributed by atoms with Gasteiger partial charge in [-0.2, -0.15) is 10.1 Å². The van der Waals surface area contributed by atoms with Crippen LogP contribution in [0.1, 0.15) is 11.1 Å². The van der Waals surface area contributed by atoms with E-state index in [9.17, 15) is 0 Å². The maximum Gasteiger partial charge on any atom is 0.233 e. The molecule has 158 valence electrons. The second-order valence-corrected chi connectivity index (χ2v) is 6.94. The summed E-state index contributed by atoms with van der Waals surface area (Å²) in [5.41, 5.74) is 4.92. The highest BCUT2D eigenvalue weighted by Gasteiger charge is 2.11. The Hall–Kier alpha value is -4.14. The molecule has 0 atom stereocenters. The number of H-pyrrole nitrogens is 1. The standard InChI is InChI=1S/C22H23N7O2/c1-13-5-7-15(8-6-13)17-11-20(29-28-17)26-22-24-12-23-21(27-22)25-16-10-19(31-4)18(30-3)9-14(16)2/h5-12H,1-4H3,(H3,23,24,25,26,27,28,29). The minimum absolute atomic E-state index is 0.373. The maximum absolute atomic E-state index is 5.38. The zero-order valence-electron chi connectivity index (χ0n) is 17.7. The van der Waals surface area contributed by atoms with Crippen molar-refractivity contribution in [3.8, 4) is 22.8 Å². The number of aromatic nitrogens is 5. The molecule has 2 aromatic heterocycles. The number of hydrogen-bond acceptors (Lipinski definition) is 8. The van der Waals surface area contributed by atoms with E-state index in [2.05, 4.69) is 54.8 Å². The smallest absolute Gasteiger partial charge is 0.233 e. The van der Waals surface area contributed by atoms with Crippen LogP contribution in [0, 0.1) is 13.8 Å². The largest absolute Gasteiger partial charge is 0.493 e. The SMILES string of the molecule is COc1cc(C)c(Nc2ncnc(Nc3cc(-c4ccc(C)cc4)[nH]n3)n2)cc1OC. The molecule has 0 bridgehead atoms. The van der Waals surface area contributed by atoms with Gasteiger partial charge in [-0.25, -0.2) is 9.97 Å². The zero-order valence-corrected chi connectivity index (χ0v) is 17.7. The van der Waals surface area contributed by atoms with Crippen LogP contribution in [0.5, 0.6) is 11.5 Å². The van der Waals surface area contributed by atoms with Crippen molar-refractivity contribution in [2.45, 2.75) is 13.8 Å². The summed E-state index contributed by atoms with van der Waals surface area (Å²) in [6.45, 7) is 4.01. The number of benzene rings is 2. The van der Waals surface area contributed by atoms with Gasteiger partial charge in [0, 0.05) is 17.8 Å². The Labute approximate surface area is 179 Å². The highest BCUT2D eigenvalue weighted by atomic mass is 16.5. The number of hydrogen-bond donors (Lipinski definition) is 3. The van der Waals surface area contributed by atoms with Crippen LogP contribution in [-0.4, -0.2) is 39.4 Å². The topological polar surface area (TPSA) is 110 Å². The molecule has 4 aromatic rings. The van der Waals surface area contributed by atoms with Crippen molar-refractivity contribution in [2.75, 3.05) is 24.9 Å². The average Bonchev–Trinajstić information content (AvgIpc) is 3.24. The van der Waals surface area contributed by atoms with Gasteiger partial charge < -0.3 is 20.1 Å². The summed E-state index contributed by atoms with van der Waals surface area (Å²) in [6, 6.07) is 13.8. The predicted octanol–water partition coefficient (Wildman–Crippen LogP) is 4.38. The summed E-state index contributed by atoms with van der Waals surface area (Å²) < 4.78 is 10.7. The Balaban J connectivity index is 1.51. The lowest BCUT2D eigenvalue weighted by Gasteiger charge is -2.13. The molecule has 4 rings (SSSR count). The second-order valence-electron chi connectivity index (χ2n) is 6.94. The van der Waals surface area contributed by atoms with Crippen LogP contribution < -0.4 is 20.1 Å². The van der Waals surface area contributed by atoms with Crippen molar-refractivity contribution in [3.05, 3.63) is 59.9 Å². The summed E-state index contributed by atoms with van der Waals surface area (Å²) in [7, 11) is 3.20. The second kappa shape index (κ2) is 8.70. The van der Waals surface area contributed by atoms with E-state index in [1.54, 1.807) is 14.2 Å². The van der Waals surface area contributed by atoms with Gasteiger partial charge in [-0.1, -0.05) is 29.8 Å². The predicted molar refractivity (Wildman–Crippen MR) is 119 cm³/mol. The van der Waals surface area contributed by atoms with E-state index in [1.165, 1.54) is 11.9 Å². The number of methoxy groups -OCH3 is 2. The molecular formula is C22H23N7O2. The molecule has 9 nitrogen and oxygen atoms in total. The maximum atomic E-state index is 5.38. The lowest BCUT2D eigenvalue weighted by molar-refractivity contribution is 0.355. The first-order valence-electron chi connectivity index (χ1n) is 9.64. The van der Waals surface area contributed by atoms with E-state index >= 15 is 0 Å². The normalized spacial score (nSPS) is 10.6. The molecule has 0 saturated heterocycles. The summed E-state index contributed by atoms with van der Waals surface area (Å²) in [6.07, 6.45) is 1.43. The number of rotatable bonds is 7. The van der Waals surface area contributed by atoms with Crippen LogP contribution in [0.4, 0.5) is 23.4 Å². The Morgan fingerprint density at radius 1 is 0.839 bits per heavy atom. The highest BCUT2D eigenvalue weighted by Crippen LogP contribution is 2.33. The molecule has 2 heterocycles. The third kappa shape index (κ3) is 4.55. The molecule has 0 unspecified atom stereocenters. The number of aryl methyl sites for hydroxylation is 2. The van der Waals surface area contributed by atoms with E-state index < -0.39 is 0 Å². The van der Waals surface area contributed by atoms with Gasteiger partial charge >= 0.3 is 0 Å². The Bertz CT molecular complexity index is 1190. The highest BCUT2D eigenvalue weighted by molar-refractivity contribution is 5.66. The molecule has 0 amide bonds. The number of aromatic amines is 1. The molecule has 9 heteroatoms. The van der Waals surface area contributed by atoms with Gasteiger partial charge in [0.05, 0.1) is 19.9 Å². The third-order valence-corrected chi connectivity index (χ3v) is 4.73. The number of nitrogens with zero attached hydrogens (tertiary/aromatic N) is 4. The molecule has 0 spiro atoms. The van der Waals surface area contributed by atoms with Crippen LogP contribution in [0.25, 0.3) is 11.3 Å². The molecular weight excluding hydrogens is 394 g/mol. The number of anilines is 4. The van der Waals surface area contributed by atoms with Gasteiger partial charge in [0.25, 0.3) is 0 Å². The summed E-state index contributed by atoms with van der Waals surface area (Å²) in [4.78, 5) is 12.8. The van der Waals surface area contributed by atoms with Crippen LogP contribution in [0.2, 0.25) is 0 Å². The van der Waals surface area contributed by atoms with Crippen molar-refractivity contribution < 1.29 is 9.47 Å². The fraction of sp³-hybridized carbons (Fsp3) is 0.182. The van der Waals surface area contributed by atoms with Gasteiger partial charge in [-0.15, -0.1) is 0 Å². The summed E-state index contributed by atoms with van der Waals surface area (Å²) >= 11 is 0. The van der Waals surface area contributed by atoms with E-state index in [4.69, 9.17) is 9.47 Å². The lowest BCUT2D eigenvalue weighted by atomic mass is 10.1. The first-order valence-corrected chi connectivity index (χ1v) is 9.64. The Kier molecular flexibility index (Phi) is 5.65. The molecule has 2 aromatic carbocycles. The van der Waals surface area contributed by atoms with Crippen molar-refractivity contribution in [2.24, 2.45) is 0 Å². The molecule has 0 saturated carbocycles. The molecule has 0 radical (unpaired) electrons. The van der Waals surface area contributed by atoms with E-state index in [-0.39, 0.29) is 0 Å².